The lowest BCUT2D eigenvalue weighted by atomic mass is 10.0. The van der Waals surface area contributed by atoms with Crippen molar-refractivity contribution in [2.24, 2.45) is 5.84 Å². The molecule has 0 radical (unpaired) electrons. The number of halogens is 1. The van der Waals surface area contributed by atoms with Gasteiger partial charge in [0.15, 0.2) is 0 Å². The molecule has 0 aliphatic heterocycles. The maximum absolute atomic E-state index is 11.7. The maximum Gasteiger partial charge on any atom is 0.265 e. The molecule has 4 N–H and O–H groups in total. The monoisotopic (exact) mass is 380 g/mol. The molecule has 1 heterocycles. The van der Waals surface area contributed by atoms with Gasteiger partial charge in [0.05, 0.1) is 11.0 Å². The number of nitrogens with one attached hydrogen (secondary N) is 2. The number of carbonyl (C=O) groups is 1. The van der Waals surface area contributed by atoms with Gasteiger partial charge in [0.1, 0.15) is 5.82 Å². The summed E-state index contributed by atoms with van der Waals surface area (Å²) in [7, 11) is 0. The third-order valence-corrected chi connectivity index (χ3v) is 4.69. The number of aromatic amines is 1. The average molecular weight is 381 g/mol. The third kappa shape index (κ3) is 2.36. The Labute approximate surface area is 146 Å². The third-order valence-electron chi connectivity index (χ3n) is 4.00. The summed E-state index contributed by atoms with van der Waals surface area (Å²) in [6.45, 7) is 0. The molecule has 3 aromatic carbocycles. The first kappa shape index (κ1) is 14.9. The molecule has 1 amide bonds. The number of hydrogen-bond donors (Lipinski definition) is 3. The number of hydrazine groups is 1. The normalized spacial score (nSPS) is 11.1. The second kappa shape index (κ2) is 5.74. The van der Waals surface area contributed by atoms with Gasteiger partial charge in [-0.3, -0.25) is 10.2 Å². The summed E-state index contributed by atoms with van der Waals surface area (Å²) < 4.78 is 1.04. The van der Waals surface area contributed by atoms with Gasteiger partial charge in [-0.05, 0) is 35.0 Å². The van der Waals surface area contributed by atoms with Gasteiger partial charge in [0, 0.05) is 15.6 Å². The standard InChI is InChI=1S/C18H13BrN4O/c19-14-6-2-3-11-12(14)4-1-5-13(11)17-21-15-8-7-10(18(24)23-20)9-16(15)22-17/h1-9H,20H2,(H,21,22)(H,23,24). The Bertz CT molecular complexity index is 1090. The highest BCUT2D eigenvalue weighted by molar-refractivity contribution is 9.10. The van der Waals surface area contributed by atoms with Crippen molar-refractivity contribution in [3.8, 4) is 11.4 Å². The molecule has 24 heavy (non-hydrogen) atoms. The number of nitrogen functional groups attached to an aromatic ring is 1. The number of hydrogen-bond acceptors (Lipinski definition) is 3. The largest absolute Gasteiger partial charge is 0.338 e. The van der Waals surface area contributed by atoms with E-state index in [-0.39, 0.29) is 5.91 Å². The van der Waals surface area contributed by atoms with Crippen LogP contribution in [0.1, 0.15) is 10.4 Å². The first-order valence-electron chi connectivity index (χ1n) is 7.36. The first-order valence-corrected chi connectivity index (χ1v) is 8.15. The van der Waals surface area contributed by atoms with Crippen molar-refractivity contribution < 1.29 is 4.79 Å². The fraction of sp³-hybridized carbons (Fsp3) is 0. The summed E-state index contributed by atoms with van der Waals surface area (Å²) in [5.74, 6) is 5.62. The highest BCUT2D eigenvalue weighted by Gasteiger charge is 2.11. The topological polar surface area (TPSA) is 83.8 Å². The number of nitrogens with zero attached hydrogens (tertiary/aromatic N) is 1. The number of aromatic nitrogens is 2. The second-order valence-corrected chi connectivity index (χ2v) is 6.29. The highest BCUT2D eigenvalue weighted by Crippen LogP contribution is 2.32. The van der Waals surface area contributed by atoms with Crippen molar-refractivity contribution in [3.05, 3.63) is 64.6 Å². The summed E-state index contributed by atoms with van der Waals surface area (Å²) in [6, 6.07) is 17.4. The van der Waals surface area contributed by atoms with E-state index in [0.29, 0.717) is 5.56 Å². The predicted octanol–water partition coefficient (Wildman–Crippen LogP) is 3.75. The number of rotatable bonds is 2. The number of H-pyrrole nitrogens is 1. The van der Waals surface area contributed by atoms with Gasteiger partial charge in [-0.25, -0.2) is 10.8 Å². The Morgan fingerprint density at radius 3 is 2.71 bits per heavy atom. The molecule has 0 unspecified atom stereocenters. The van der Waals surface area contributed by atoms with Crippen molar-refractivity contribution in [2.45, 2.75) is 0 Å². The molecule has 0 saturated carbocycles. The van der Waals surface area contributed by atoms with Crippen LogP contribution in [0.25, 0.3) is 33.2 Å². The molecule has 0 atom stereocenters. The van der Waals surface area contributed by atoms with Crippen molar-refractivity contribution in [3.63, 3.8) is 0 Å². The van der Waals surface area contributed by atoms with E-state index in [1.807, 2.05) is 24.3 Å². The fourth-order valence-electron chi connectivity index (χ4n) is 2.84. The maximum atomic E-state index is 11.7. The minimum Gasteiger partial charge on any atom is -0.338 e. The molecule has 4 aromatic rings. The van der Waals surface area contributed by atoms with E-state index in [4.69, 9.17) is 5.84 Å². The van der Waals surface area contributed by atoms with E-state index in [2.05, 4.69) is 43.5 Å². The molecule has 6 heteroatoms. The summed E-state index contributed by atoms with van der Waals surface area (Å²) in [6.07, 6.45) is 0. The van der Waals surface area contributed by atoms with E-state index in [1.165, 1.54) is 0 Å². The number of nitrogens with two attached hydrogens (primary N) is 1. The van der Waals surface area contributed by atoms with Gasteiger partial charge in [-0.2, -0.15) is 0 Å². The van der Waals surface area contributed by atoms with Crippen molar-refractivity contribution in [1.82, 2.24) is 15.4 Å². The zero-order chi connectivity index (χ0) is 16.7. The van der Waals surface area contributed by atoms with Crippen LogP contribution in [0.15, 0.2) is 59.1 Å². The summed E-state index contributed by atoms with van der Waals surface area (Å²) >= 11 is 3.58. The number of benzene rings is 3. The Morgan fingerprint density at radius 2 is 1.88 bits per heavy atom. The van der Waals surface area contributed by atoms with Gasteiger partial charge < -0.3 is 4.98 Å². The van der Waals surface area contributed by atoms with Crippen LogP contribution in [-0.4, -0.2) is 15.9 Å². The summed E-state index contributed by atoms with van der Waals surface area (Å²) in [4.78, 5) is 19.6. The Hall–Kier alpha value is -2.70. The molecule has 0 fully saturated rings. The minimum absolute atomic E-state index is 0.331. The van der Waals surface area contributed by atoms with Crippen molar-refractivity contribution >= 4 is 43.6 Å². The van der Waals surface area contributed by atoms with Crippen LogP contribution < -0.4 is 11.3 Å². The lowest BCUT2D eigenvalue weighted by molar-refractivity contribution is 0.0954. The molecule has 1 aromatic heterocycles. The van der Waals surface area contributed by atoms with Gasteiger partial charge in [-0.15, -0.1) is 0 Å². The van der Waals surface area contributed by atoms with Crippen molar-refractivity contribution in [1.29, 1.82) is 0 Å². The van der Waals surface area contributed by atoms with Crippen LogP contribution in [0.5, 0.6) is 0 Å². The highest BCUT2D eigenvalue weighted by atomic mass is 79.9. The van der Waals surface area contributed by atoms with Gasteiger partial charge in [0.25, 0.3) is 5.91 Å². The Kier molecular flexibility index (Phi) is 3.55. The van der Waals surface area contributed by atoms with E-state index in [1.54, 1.807) is 18.2 Å². The molecular formula is C18H13BrN4O. The smallest absolute Gasteiger partial charge is 0.265 e. The SMILES string of the molecule is NNC(=O)c1ccc2nc(-c3cccc4c(Br)cccc34)[nH]c2c1. The summed E-state index contributed by atoms with van der Waals surface area (Å²) in [5, 5.41) is 2.23. The Morgan fingerprint density at radius 1 is 1.08 bits per heavy atom. The Balaban J connectivity index is 1.91. The van der Waals surface area contributed by atoms with E-state index in [9.17, 15) is 4.79 Å². The van der Waals surface area contributed by atoms with Crippen LogP contribution >= 0.6 is 15.9 Å². The molecule has 4 rings (SSSR count). The zero-order valence-electron chi connectivity index (χ0n) is 12.5. The molecule has 0 bridgehead atoms. The van der Waals surface area contributed by atoms with E-state index < -0.39 is 0 Å². The molecule has 5 nitrogen and oxygen atoms in total. The fourth-order valence-corrected chi connectivity index (χ4v) is 3.34. The van der Waals surface area contributed by atoms with E-state index >= 15 is 0 Å². The summed E-state index contributed by atoms with van der Waals surface area (Å²) in [5.41, 5.74) is 5.22. The molecular weight excluding hydrogens is 368 g/mol. The van der Waals surface area contributed by atoms with Crippen LogP contribution in [-0.2, 0) is 0 Å². The zero-order valence-corrected chi connectivity index (χ0v) is 14.1. The number of amides is 1. The van der Waals surface area contributed by atoms with Crippen LogP contribution in [0, 0.1) is 0 Å². The minimum atomic E-state index is -0.331. The van der Waals surface area contributed by atoms with Crippen molar-refractivity contribution in [2.75, 3.05) is 0 Å². The molecule has 118 valence electrons. The number of imidazole rings is 1. The van der Waals surface area contributed by atoms with Gasteiger partial charge >= 0.3 is 0 Å². The lowest BCUT2D eigenvalue weighted by Gasteiger charge is -2.05. The van der Waals surface area contributed by atoms with E-state index in [0.717, 1.165) is 37.7 Å². The number of fused-ring (bicyclic) bond motifs is 2. The predicted molar refractivity (Wildman–Crippen MR) is 98.4 cm³/mol. The quantitative estimate of drug-likeness (QED) is 0.281. The lowest BCUT2D eigenvalue weighted by Crippen LogP contribution is -2.29. The molecule has 0 spiro atoms. The first-order chi connectivity index (χ1) is 11.7. The molecule has 0 saturated heterocycles. The molecule has 0 aliphatic rings. The van der Waals surface area contributed by atoms with Gasteiger partial charge in [-0.1, -0.05) is 46.3 Å². The average Bonchev–Trinajstić information content (AvgIpc) is 3.04. The number of carbonyl (C=O) groups excluding carboxylic acids is 1. The van der Waals surface area contributed by atoms with Gasteiger partial charge in [0.2, 0.25) is 0 Å². The van der Waals surface area contributed by atoms with Crippen LogP contribution in [0.3, 0.4) is 0 Å². The molecule has 0 aliphatic carbocycles. The van der Waals surface area contributed by atoms with Crippen LogP contribution in [0.2, 0.25) is 0 Å². The second-order valence-electron chi connectivity index (χ2n) is 5.43. The van der Waals surface area contributed by atoms with Crippen LogP contribution in [0.4, 0.5) is 0 Å².